The number of halogens is 2. The Labute approximate surface area is 175 Å². The lowest BCUT2D eigenvalue weighted by molar-refractivity contribution is 0.819. The minimum atomic E-state index is -0.101. The first-order valence-electron chi connectivity index (χ1n) is 7.48. The van der Waals surface area contributed by atoms with E-state index in [2.05, 4.69) is 32.8 Å². The summed E-state index contributed by atoms with van der Waals surface area (Å²) in [5, 5.41) is 10.6. The van der Waals surface area contributed by atoms with Gasteiger partial charge < -0.3 is 0 Å². The van der Waals surface area contributed by atoms with Crippen molar-refractivity contribution in [2.75, 3.05) is 0 Å². The van der Waals surface area contributed by atoms with Crippen LogP contribution in [0.2, 0.25) is 5.02 Å². The Balaban J connectivity index is 1.89. The van der Waals surface area contributed by atoms with Gasteiger partial charge in [-0.2, -0.15) is 0 Å². The smallest absolute Gasteiger partial charge is 0.266 e. The molecule has 2 aromatic carbocycles. The van der Waals surface area contributed by atoms with Crippen LogP contribution >= 0.6 is 57.3 Å². The van der Waals surface area contributed by atoms with Gasteiger partial charge in [-0.3, -0.25) is 9.36 Å². The summed E-state index contributed by atoms with van der Waals surface area (Å²) in [5.41, 5.74) is 3.00. The van der Waals surface area contributed by atoms with Gasteiger partial charge in [0.1, 0.15) is 10.5 Å². The minimum Gasteiger partial charge on any atom is -0.268 e. The molecule has 5 nitrogen and oxygen atoms in total. The van der Waals surface area contributed by atoms with Gasteiger partial charge in [0.2, 0.25) is 0 Å². The molecule has 2 aromatic heterocycles. The van der Waals surface area contributed by atoms with Crippen LogP contribution in [0.15, 0.2) is 57.9 Å². The molecule has 0 atom stereocenters. The molecule has 0 saturated heterocycles. The molecule has 2 heterocycles. The highest BCUT2D eigenvalue weighted by Gasteiger charge is 2.14. The van der Waals surface area contributed by atoms with Crippen molar-refractivity contribution in [3.05, 3.63) is 71.9 Å². The molecule has 9 heteroatoms. The molecular formula is C17H10ClIN4OS2. The number of nitrogens with zero attached hydrogens (tertiary/aromatic N) is 4. The number of hydrogen-bond donors (Lipinski definition) is 0. The molecule has 130 valence electrons. The van der Waals surface area contributed by atoms with E-state index in [4.69, 9.17) is 16.6 Å². The lowest BCUT2D eigenvalue weighted by Crippen LogP contribution is -2.21. The molecule has 0 amide bonds. The second-order valence-corrected chi connectivity index (χ2v) is 8.84. The minimum absolute atomic E-state index is 0.101. The molecular weight excluding hydrogens is 503 g/mol. The molecule has 0 spiro atoms. The highest BCUT2D eigenvalue weighted by molar-refractivity contribution is 14.1. The fourth-order valence-corrected chi connectivity index (χ4v) is 4.60. The van der Waals surface area contributed by atoms with Crippen molar-refractivity contribution in [2.45, 2.75) is 10.9 Å². The Morgan fingerprint density at radius 2 is 2.00 bits per heavy atom. The number of fused-ring (bicyclic) bond motifs is 1. The molecule has 4 aromatic rings. The van der Waals surface area contributed by atoms with Gasteiger partial charge in [-0.25, -0.2) is 4.98 Å². The third kappa shape index (κ3) is 3.64. The molecule has 0 fully saturated rings. The van der Waals surface area contributed by atoms with Gasteiger partial charge in [0, 0.05) is 8.59 Å². The van der Waals surface area contributed by atoms with Crippen LogP contribution in [0.5, 0.6) is 0 Å². The number of hydrogen-bond acceptors (Lipinski definition) is 6. The van der Waals surface area contributed by atoms with Crippen molar-refractivity contribution in [2.24, 2.45) is 0 Å². The van der Waals surface area contributed by atoms with Gasteiger partial charge >= 0.3 is 0 Å². The predicted molar refractivity (Wildman–Crippen MR) is 115 cm³/mol. The van der Waals surface area contributed by atoms with E-state index in [-0.39, 0.29) is 5.56 Å². The van der Waals surface area contributed by atoms with Crippen LogP contribution in [0, 0.1) is 3.57 Å². The summed E-state index contributed by atoms with van der Waals surface area (Å²) in [4.78, 5) is 17.9. The second kappa shape index (κ2) is 7.63. The molecule has 0 unspecified atom stereocenters. The highest BCUT2D eigenvalue weighted by atomic mass is 127. The molecule has 0 radical (unpaired) electrons. The van der Waals surface area contributed by atoms with Crippen LogP contribution in [0.25, 0.3) is 16.6 Å². The fourth-order valence-electron chi connectivity index (χ4n) is 2.44. The summed E-state index contributed by atoms with van der Waals surface area (Å²) in [6, 6.07) is 12.8. The molecule has 0 aliphatic heterocycles. The Hall–Kier alpha value is -1.49. The van der Waals surface area contributed by atoms with Crippen molar-refractivity contribution in [3.63, 3.8) is 0 Å². The summed E-state index contributed by atoms with van der Waals surface area (Å²) in [6.45, 7) is 0. The van der Waals surface area contributed by atoms with Crippen LogP contribution in [-0.4, -0.2) is 19.7 Å². The lowest BCUT2D eigenvalue weighted by atomic mass is 10.2. The first-order valence-corrected chi connectivity index (χ1v) is 10.8. The van der Waals surface area contributed by atoms with E-state index in [9.17, 15) is 4.79 Å². The Morgan fingerprint density at radius 3 is 2.73 bits per heavy atom. The molecule has 0 bridgehead atoms. The second-order valence-electron chi connectivity index (χ2n) is 5.29. The monoisotopic (exact) mass is 512 g/mol. The maximum absolute atomic E-state index is 13.2. The Morgan fingerprint density at radius 1 is 1.19 bits per heavy atom. The fraction of sp³-hybridized carbons (Fsp3) is 0.0588. The average molecular weight is 513 g/mol. The first-order chi connectivity index (χ1) is 12.6. The first kappa shape index (κ1) is 17.9. The Kier molecular flexibility index (Phi) is 5.25. The summed E-state index contributed by atoms with van der Waals surface area (Å²) in [7, 11) is 0. The average Bonchev–Trinajstić information content (AvgIpc) is 3.15. The summed E-state index contributed by atoms with van der Waals surface area (Å²) >= 11 is 11.1. The molecule has 0 aliphatic carbocycles. The van der Waals surface area contributed by atoms with Gasteiger partial charge in [-0.15, -0.1) is 21.5 Å². The SMILES string of the molecule is O=c1c2cc(I)ccc2nc(SCc2nncs2)n1-c1ccc(Cl)cc1. The van der Waals surface area contributed by atoms with Gasteiger partial charge in [-0.1, -0.05) is 23.4 Å². The van der Waals surface area contributed by atoms with Crippen LogP contribution < -0.4 is 5.56 Å². The lowest BCUT2D eigenvalue weighted by Gasteiger charge is -2.13. The molecule has 0 saturated carbocycles. The molecule has 0 N–H and O–H groups in total. The molecule has 26 heavy (non-hydrogen) atoms. The third-order valence-corrected chi connectivity index (χ3v) is 6.37. The zero-order valence-electron chi connectivity index (χ0n) is 13.1. The number of benzene rings is 2. The van der Waals surface area contributed by atoms with E-state index in [0.29, 0.717) is 26.8 Å². The zero-order valence-corrected chi connectivity index (χ0v) is 17.6. The topological polar surface area (TPSA) is 60.7 Å². The highest BCUT2D eigenvalue weighted by Crippen LogP contribution is 2.26. The van der Waals surface area contributed by atoms with Crippen LogP contribution in [0.4, 0.5) is 0 Å². The van der Waals surface area contributed by atoms with Gasteiger partial charge in [-0.05, 0) is 65.1 Å². The summed E-state index contributed by atoms with van der Waals surface area (Å²) < 4.78 is 2.62. The van der Waals surface area contributed by atoms with Crippen molar-refractivity contribution >= 4 is 68.2 Å². The van der Waals surface area contributed by atoms with Gasteiger partial charge in [0.05, 0.1) is 22.3 Å². The van der Waals surface area contributed by atoms with Crippen LogP contribution in [0.3, 0.4) is 0 Å². The number of aromatic nitrogens is 4. The standard InChI is InChI=1S/C17H10ClIN4OS2/c18-10-1-4-12(5-2-10)23-16(24)13-7-11(19)3-6-14(13)21-17(23)25-8-15-22-20-9-26-15/h1-7,9H,8H2. The van der Waals surface area contributed by atoms with E-state index in [1.165, 1.54) is 23.1 Å². The van der Waals surface area contributed by atoms with E-state index in [0.717, 1.165) is 14.3 Å². The predicted octanol–water partition coefficient (Wildman–Crippen LogP) is 4.79. The summed E-state index contributed by atoms with van der Waals surface area (Å²) in [6.07, 6.45) is 0. The van der Waals surface area contributed by atoms with Crippen molar-refractivity contribution in [1.82, 2.24) is 19.7 Å². The van der Waals surface area contributed by atoms with E-state index < -0.39 is 0 Å². The van der Waals surface area contributed by atoms with Crippen LogP contribution in [0.1, 0.15) is 5.01 Å². The van der Waals surface area contributed by atoms with Gasteiger partial charge in [0.15, 0.2) is 5.16 Å². The molecule has 0 aliphatic rings. The quantitative estimate of drug-likeness (QED) is 0.224. The number of thioether (sulfide) groups is 1. The third-order valence-electron chi connectivity index (χ3n) is 3.61. The van der Waals surface area contributed by atoms with Gasteiger partial charge in [0.25, 0.3) is 5.56 Å². The van der Waals surface area contributed by atoms with Crippen molar-refractivity contribution < 1.29 is 0 Å². The van der Waals surface area contributed by atoms with Crippen molar-refractivity contribution in [3.8, 4) is 5.69 Å². The van der Waals surface area contributed by atoms with Crippen molar-refractivity contribution in [1.29, 1.82) is 0 Å². The zero-order chi connectivity index (χ0) is 18.1. The summed E-state index contributed by atoms with van der Waals surface area (Å²) in [5.74, 6) is 0.598. The van der Waals surface area contributed by atoms with Crippen LogP contribution in [-0.2, 0) is 5.75 Å². The maximum atomic E-state index is 13.2. The molecule has 4 rings (SSSR count). The normalized spacial score (nSPS) is 11.2. The largest absolute Gasteiger partial charge is 0.268 e. The number of rotatable bonds is 4. The maximum Gasteiger partial charge on any atom is 0.266 e. The van der Waals surface area contributed by atoms with E-state index in [1.807, 2.05) is 30.3 Å². The van der Waals surface area contributed by atoms with E-state index >= 15 is 0 Å². The Bertz CT molecular complexity index is 1130. The van der Waals surface area contributed by atoms with E-state index in [1.54, 1.807) is 22.2 Å².